The summed E-state index contributed by atoms with van der Waals surface area (Å²) in [5, 5.41) is 2.90. The first-order valence-corrected chi connectivity index (χ1v) is 8.76. The molecule has 2 aromatic rings. The number of hydrogen-bond donors (Lipinski definition) is 1. The quantitative estimate of drug-likeness (QED) is 0.823. The summed E-state index contributed by atoms with van der Waals surface area (Å²) in [5.74, 6) is 0.214. The zero-order valence-electron chi connectivity index (χ0n) is 15.8. The van der Waals surface area contributed by atoms with Gasteiger partial charge in [-0.15, -0.1) is 0 Å². The molecular formula is C21H26N2O3. The van der Waals surface area contributed by atoms with E-state index in [-0.39, 0.29) is 18.4 Å². The molecule has 5 heteroatoms. The molecule has 0 atom stereocenters. The van der Waals surface area contributed by atoms with E-state index in [9.17, 15) is 9.59 Å². The summed E-state index contributed by atoms with van der Waals surface area (Å²) < 4.78 is 5.56. The number of nitrogens with one attached hydrogen (secondary N) is 1. The van der Waals surface area contributed by atoms with Crippen molar-refractivity contribution in [3.63, 3.8) is 0 Å². The van der Waals surface area contributed by atoms with Crippen LogP contribution in [0.25, 0.3) is 0 Å². The largest absolute Gasteiger partial charge is 0.494 e. The van der Waals surface area contributed by atoms with Crippen LogP contribution in [0.3, 0.4) is 0 Å². The fourth-order valence-electron chi connectivity index (χ4n) is 2.64. The molecule has 0 fully saturated rings. The van der Waals surface area contributed by atoms with Gasteiger partial charge >= 0.3 is 0 Å². The highest BCUT2D eigenvalue weighted by atomic mass is 16.5. The number of anilines is 1. The second-order valence-corrected chi connectivity index (χ2v) is 6.35. The Morgan fingerprint density at radius 2 is 1.73 bits per heavy atom. The Morgan fingerprint density at radius 3 is 2.38 bits per heavy atom. The molecule has 2 rings (SSSR count). The smallest absolute Gasteiger partial charge is 0.254 e. The molecule has 0 bridgehead atoms. The first kappa shape index (κ1) is 19.5. The van der Waals surface area contributed by atoms with Crippen molar-refractivity contribution in [2.75, 3.05) is 25.5 Å². The molecule has 0 saturated carbocycles. The number of carbonyl (C=O) groups is 2. The van der Waals surface area contributed by atoms with Crippen LogP contribution in [-0.2, 0) is 4.79 Å². The summed E-state index contributed by atoms with van der Waals surface area (Å²) in [4.78, 5) is 26.3. The Morgan fingerprint density at radius 1 is 1.08 bits per heavy atom. The number of carbonyl (C=O) groups excluding carboxylic acids is 2. The van der Waals surface area contributed by atoms with Gasteiger partial charge in [0.05, 0.1) is 13.2 Å². The monoisotopic (exact) mass is 354 g/mol. The van der Waals surface area contributed by atoms with Crippen LogP contribution in [0.1, 0.15) is 34.8 Å². The van der Waals surface area contributed by atoms with Gasteiger partial charge in [0.2, 0.25) is 5.91 Å². The maximum absolute atomic E-state index is 12.6. The minimum atomic E-state index is -0.225. The van der Waals surface area contributed by atoms with Crippen LogP contribution in [0.2, 0.25) is 0 Å². The van der Waals surface area contributed by atoms with E-state index in [1.165, 1.54) is 4.90 Å². The summed E-state index contributed by atoms with van der Waals surface area (Å²) in [6, 6.07) is 12.9. The molecule has 1 N–H and O–H groups in total. The van der Waals surface area contributed by atoms with E-state index in [1.54, 1.807) is 25.2 Å². The molecule has 0 aromatic heterocycles. The van der Waals surface area contributed by atoms with Gasteiger partial charge in [0.15, 0.2) is 0 Å². The summed E-state index contributed by atoms with van der Waals surface area (Å²) >= 11 is 0. The average molecular weight is 354 g/mol. The van der Waals surface area contributed by atoms with Gasteiger partial charge in [0.25, 0.3) is 5.91 Å². The zero-order valence-corrected chi connectivity index (χ0v) is 15.8. The lowest BCUT2D eigenvalue weighted by molar-refractivity contribution is -0.116. The Bertz CT molecular complexity index is 766. The Kier molecular flexibility index (Phi) is 6.78. The third-order valence-electron chi connectivity index (χ3n) is 4.03. The Labute approximate surface area is 155 Å². The minimum absolute atomic E-state index is 0.0212. The second kappa shape index (κ2) is 9.04. The molecule has 5 nitrogen and oxygen atoms in total. The minimum Gasteiger partial charge on any atom is -0.494 e. The van der Waals surface area contributed by atoms with Gasteiger partial charge in [-0.05, 0) is 49.6 Å². The fraction of sp³-hybridized carbons (Fsp3) is 0.333. The van der Waals surface area contributed by atoms with Crippen molar-refractivity contribution in [2.45, 2.75) is 27.2 Å². The standard InChI is InChI=1S/C21H26N2O3/c1-5-12-26-18-11-7-10-17(13-18)21(25)23(4)14-19(24)22-20-15(2)8-6-9-16(20)3/h6-11,13H,5,12,14H2,1-4H3,(H,22,24). The van der Waals surface area contributed by atoms with Gasteiger partial charge in [0.1, 0.15) is 5.75 Å². The van der Waals surface area contributed by atoms with E-state index in [1.807, 2.05) is 45.0 Å². The number of rotatable bonds is 7. The molecule has 0 unspecified atom stereocenters. The number of ether oxygens (including phenoxy) is 1. The molecule has 0 aliphatic heterocycles. The van der Waals surface area contributed by atoms with Gasteiger partial charge in [-0.2, -0.15) is 0 Å². The van der Waals surface area contributed by atoms with Crippen molar-refractivity contribution in [1.82, 2.24) is 4.90 Å². The third kappa shape index (κ3) is 5.09. The number of benzene rings is 2. The molecule has 2 amide bonds. The van der Waals surface area contributed by atoms with Gasteiger partial charge < -0.3 is 15.0 Å². The Hall–Kier alpha value is -2.82. The number of likely N-dealkylation sites (N-methyl/N-ethyl adjacent to an activating group) is 1. The van der Waals surface area contributed by atoms with Crippen molar-refractivity contribution >= 4 is 17.5 Å². The molecular weight excluding hydrogens is 328 g/mol. The number of hydrogen-bond acceptors (Lipinski definition) is 3. The molecule has 0 radical (unpaired) electrons. The molecule has 0 spiro atoms. The van der Waals surface area contributed by atoms with Crippen LogP contribution in [0, 0.1) is 13.8 Å². The van der Waals surface area contributed by atoms with Gasteiger partial charge in [0, 0.05) is 18.3 Å². The molecule has 2 aromatic carbocycles. The SMILES string of the molecule is CCCOc1cccc(C(=O)N(C)CC(=O)Nc2c(C)cccc2C)c1. The van der Waals surface area contributed by atoms with Gasteiger partial charge in [-0.25, -0.2) is 0 Å². The van der Waals surface area contributed by atoms with Crippen LogP contribution in [-0.4, -0.2) is 36.9 Å². The van der Waals surface area contributed by atoms with E-state index in [0.29, 0.717) is 17.9 Å². The van der Waals surface area contributed by atoms with E-state index >= 15 is 0 Å². The normalized spacial score (nSPS) is 10.3. The number of nitrogens with zero attached hydrogens (tertiary/aromatic N) is 1. The molecule has 26 heavy (non-hydrogen) atoms. The van der Waals surface area contributed by atoms with E-state index < -0.39 is 0 Å². The maximum Gasteiger partial charge on any atom is 0.254 e. The number of amides is 2. The first-order chi connectivity index (χ1) is 12.4. The molecule has 0 aliphatic rings. The first-order valence-electron chi connectivity index (χ1n) is 8.76. The predicted octanol–water partition coefficient (Wildman–Crippen LogP) is 3.80. The summed E-state index contributed by atoms with van der Waals surface area (Å²) in [7, 11) is 1.62. The average Bonchev–Trinajstić information content (AvgIpc) is 2.62. The van der Waals surface area contributed by atoms with E-state index in [0.717, 1.165) is 23.2 Å². The second-order valence-electron chi connectivity index (χ2n) is 6.35. The van der Waals surface area contributed by atoms with Crippen molar-refractivity contribution < 1.29 is 14.3 Å². The zero-order chi connectivity index (χ0) is 19.1. The van der Waals surface area contributed by atoms with Crippen molar-refractivity contribution in [3.05, 3.63) is 59.2 Å². The van der Waals surface area contributed by atoms with E-state index in [2.05, 4.69) is 5.32 Å². The Balaban J connectivity index is 2.01. The highest BCUT2D eigenvalue weighted by Crippen LogP contribution is 2.19. The highest BCUT2D eigenvalue weighted by molar-refractivity contribution is 5.99. The van der Waals surface area contributed by atoms with Crippen LogP contribution in [0.4, 0.5) is 5.69 Å². The summed E-state index contributed by atoms with van der Waals surface area (Å²) in [6.07, 6.45) is 0.899. The lowest BCUT2D eigenvalue weighted by Crippen LogP contribution is -2.35. The van der Waals surface area contributed by atoms with Crippen LogP contribution in [0.5, 0.6) is 5.75 Å². The number of para-hydroxylation sites is 1. The molecule has 0 heterocycles. The van der Waals surface area contributed by atoms with Crippen LogP contribution < -0.4 is 10.1 Å². The molecule has 0 aliphatic carbocycles. The lowest BCUT2D eigenvalue weighted by atomic mass is 10.1. The highest BCUT2D eigenvalue weighted by Gasteiger charge is 2.16. The lowest BCUT2D eigenvalue weighted by Gasteiger charge is -2.18. The number of aryl methyl sites for hydroxylation is 2. The maximum atomic E-state index is 12.6. The molecule has 0 saturated heterocycles. The molecule has 138 valence electrons. The topological polar surface area (TPSA) is 58.6 Å². The van der Waals surface area contributed by atoms with Crippen molar-refractivity contribution in [2.24, 2.45) is 0 Å². The summed E-state index contributed by atoms with van der Waals surface area (Å²) in [5.41, 5.74) is 3.29. The van der Waals surface area contributed by atoms with Crippen molar-refractivity contribution in [3.8, 4) is 5.75 Å². The fourth-order valence-corrected chi connectivity index (χ4v) is 2.64. The third-order valence-corrected chi connectivity index (χ3v) is 4.03. The van der Waals surface area contributed by atoms with Crippen molar-refractivity contribution in [1.29, 1.82) is 0 Å². The van der Waals surface area contributed by atoms with Gasteiger partial charge in [-0.3, -0.25) is 9.59 Å². The van der Waals surface area contributed by atoms with E-state index in [4.69, 9.17) is 4.74 Å². The summed E-state index contributed by atoms with van der Waals surface area (Å²) in [6.45, 7) is 6.49. The predicted molar refractivity (Wildman–Crippen MR) is 104 cm³/mol. The van der Waals surface area contributed by atoms with Crippen LogP contribution >= 0.6 is 0 Å². The van der Waals surface area contributed by atoms with Crippen LogP contribution in [0.15, 0.2) is 42.5 Å². The van der Waals surface area contributed by atoms with Gasteiger partial charge in [-0.1, -0.05) is 31.2 Å².